The maximum Gasteiger partial charge on any atom is 0.404 e. The second-order valence-electron chi connectivity index (χ2n) is 17.5. The fraction of sp³-hybridized carbons (Fsp3) is 0.605. The highest BCUT2D eigenvalue weighted by atomic mass is 32.2. The summed E-state index contributed by atoms with van der Waals surface area (Å²) in [5, 5.41) is 2.96. The van der Waals surface area contributed by atoms with Gasteiger partial charge < -0.3 is 24.2 Å². The number of hydrogen-bond acceptors (Lipinski definition) is 13. The number of nitrogens with one attached hydrogen (secondary N) is 1. The summed E-state index contributed by atoms with van der Waals surface area (Å²) in [7, 11) is -5.23. The van der Waals surface area contributed by atoms with E-state index < -0.39 is 50.0 Å². The largest absolute Gasteiger partial charge is 0.404 e. The molecule has 3 aromatic rings. The molecular weight excluding hydrogens is 880 g/mol. The number of alkyl halides is 2. The number of carbonyl (C=O) groups is 5. The van der Waals surface area contributed by atoms with Crippen molar-refractivity contribution in [1.29, 1.82) is 0 Å². The number of fused-ring (bicyclic) bond motifs is 3. The SMILES string of the molecule is CC(C)CC(=O)SCCOP(=O)(OCCSC(=O)CC(C)C)C(F)(F)c1ccc2sc(C(=O)N[C@H]3C[C@H]4C[C@H]4C[C@H]4CC[C@@H](C(=O)N5CC(c6ncccn6)C5)N4C3=O)cc2c1. The molecule has 1 aromatic carbocycles. The number of aromatic nitrogens is 2. The molecule has 4 fully saturated rings. The average molecular weight is 934 g/mol. The van der Waals surface area contributed by atoms with Crippen molar-refractivity contribution in [2.75, 3.05) is 37.8 Å². The third kappa shape index (κ3) is 10.8. The van der Waals surface area contributed by atoms with Gasteiger partial charge in [0.25, 0.3) is 5.91 Å². The molecule has 1 saturated carbocycles. The van der Waals surface area contributed by atoms with E-state index in [0.717, 1.165) is 59.8 Å². The minimum atomic E-state index is -5.23. The molecule has 3 amide bonds. The van der Waals surface area contributed by atoms with E-state index in [0.29, 0.717) is 67.0 Å². The van der Waals surface area contributed by atoms with Crippen molar-refractivity contribution in [2.45, 2.75) is 102 Å². The Morgan fingerprint density at radius 2 is 1.55 bits per heavy atom. The molecule has 3 aliphatic heterocycles. The molecule has 336 valence electrons. The van der Waals surface area contributed by atoms with E-state index in [1.807, 2.05) is 27.7 Å². The van der Waals surface area contributed by atoms with Crippen LogP contribution in [-0.2, 0) is 38.5 Å². The number of amides is 3. The topological polar surface area (TPSA) is 165 Å². The van der Waals surface area contributed by atoms with Crippen LogP contribution in [0.15, 0.2) is 42.7 Å². The summed E-state index contributed by atoms with van der Waals surface area (Å²) >= 11 is 2.89. The fourth-order valence-corrected chi connectivity index (χ4v) is 12.9. The highest BCUT2D eigenvalue weighted by Gasteiger charge is 2.56. The highest BCUT2D eigenvalue weighted by Crippen LogP contribution is 2.67. The van der Waals surface area contributed by atoms with Crippen molar-refractivity contribution in [1.82, 2.24) is 25.1 Å². The van der Waals surface area contributed by atoms with Gasteiger partial charge in [0.15, 0.2) is 10.2 Å². The monoisotopic (exact) mass is 933 g/mol. The summed E-state index contributed by atoms with van der Waals surface area (Å²) in [6, 6.07) is 5.31. The van der Waals surface area contributed by atoms with Gasteiger partial charge in [-0.25, -0.2) is 9.97 Å². The fourth-order valence-electron chi connectivity index (χ4n) is 8.53. The molecule has 13 nitrogen and oxygen atoms in total. The van der Waals surface area contributed by atoms with Crippen LogP contribution in [0.3, 0.4) is 0 Å². The van der Waals surface area contributed by atoms with E-state index in [-0.39, 0.29) is 68.1 Å². The number of thiophene rings is 1. The summed E-state index contributed by atoms with van der Waals surface area (Å²) in [6.07, 6.45) is 7.45. The lowest BCUT2D eigenvalue weighted by Crippen LogP contribution is -2.59. The van der Waals surface area contributed by atoms with Crippen LogP contribution in [0.2, 0.25) is 0 Å². The number of hydrogen-bond donors (Lipinski definition) is 1. The number of halogens is 2. The third-order valence-electron chi connectivity index (χ3n) is 11.8. The number of benzene rings is 1. The number of rotatable bonds is 18. The van der Waals surface area contributed by atoms with Crippen molar-refractivity contribution in [3.8, 4) is 0 Å². The van der Waals surface area contributed by atoms with Gasteiger partial charge in [-0.05, 0) is 85.4 Å². The van der Waals surface area contributed by atoms with Crippen molar-refractivity contribution in [3.63, 3.8) is 0 Å². The Hall–Kier alpha value is -3.28. The summed E-state index contributed by atoms with van der Waals surface area (Å²) in [4.78, 5) is 78.9. The Labute approximate surface area is 373 Å². The Kier molecular flexibility index (Phi) is 15.0. The zero-order valence-electron chi connectivity index (χ0n) is 35.3. The first-order valence-electron chi connectivity index (χ1n) is 21.3. The predicted molar refractivity (Wildman–Crippen MR) is 236 cm³/mol. The maximum atomic E-state index is 16.4. The van der Waals surface area contributed by atoms with E-state index in [4.69, 9.17) is 9.05 Å². The molecule has 62 heavy (non-hydrogen) atoms. The third-order valence-corrected chi connectivity index (χ3v) is 16.6. The van der Waals surface area contributed by atoms with Crippen LogP contribution in [0.1, 0.15) is 99.6 Å². The van der Waals surface area contributed by atoms with Gasteiger partial charge in [0.2, 0.25) is 11.8 Å². The van der Waals surface area contributed by atoms with Gasteiger partial charge in [0.1, 0.15) is 17.9 Å². The zero-order chi connectivity index (χ0) is 44.3. The number of nitrogens with zero attached hydrogens (tertiary/aromatic N) is 4. The van der Waals surface area contributed by atoms with E-state index >= 15 is 8.78 Å². The summed E-state index contributed by atoms with van der Waals surface area (Å²) in [6.45, 7) is 7.62. The minimum Gasteiger partial charge on any atom is -0.340 e. The minimum absolute atomic E-state index is 0.0115. The van der Waals surface area contributed by atoms with Crippen molar-refractivity contribution in [2.24, 2.45) is 23.7 Å². The smallest absolute Gasteiger partial charge is 0.340 e. The highest BCUT2D eigenvalue weighted by molar-refractivity contribution is 8.13. The summed E-state index contributed by atoms with van der Waals surface area (Å²) in [5.74, 6) is 0.717. The van der Waals surface area contributed by atoms with Crippen LogP contribution in [0.5, 0.6) is 0 Å². The molecule has 1 aliphatic carbocycles. The molecule has 4 aliphatic rings. The molecule has 3 saturated heterocycles. The Morgan fingerprint density at radius 3 is 2.18 bits per heavy atom. The van der Waals surface area contributed by atoms with Gasteiger partial charge in [-0.3, -0.25) is 28.5 Å². The lowest BCUT2D eigenvalue weighted by molar-refractivity contribution is -0.149. The van der Waals surface area contributed by atoms with Crippen LogP contribution in [0, 0.1) is 23.7 Å². The second kappa shape index (κ2) is 19.9. The lowest BCUT2D eigenvalue weighted by Gasteiger charge is -2.42. The molecule has 2 aromatic heterocycles. The van der Waals surface area contributed by atoms with Crippen LogP contribution < -0.4 is 5.32 Å². The first kappa shape index (κ1) is 46.7. The molecule has 5 atom stereocenters. The lowest BCUT2D eigenvalue weighted by atomic mass is 9.97. The second-order valence-corrected chi connectivity index (χ2v) is 23.0. The predicted octanol–water partition coefficient (Wildman–Crippen LogP) is 8.09. The van der Waals surface area contributed by atoms with Crippen LogP contribution >= 0.6 is 42.5 Å². The van der Waals surface area contributed by atoms with E-state index in [1.165, 1.54) is 12.1 Å². The standard InChI is InChI=1S/C43H54F2N5O8PS3/c1-25(2)16-37(51)60-14-12-57-59(56,58-13-15-61-38(52)17-26(3)4)43(44,45)31-6-9-35-29(19-31)22-36(62-35)40(53)48-33-21-28-18-27(28)20-32-7-8-34(50(32)41(33)54)42(55)49-23-30(24-49)39-46-10-5-11-47-39/h5-6,9-11,19,22,25-28,30,32-34H,7-8,12-18,20-21,23-24H2,1-4H3,(H,48,53)/t27-,28+,32+,33-,34-/m0/s1. The van der Waals surface area contributed by atoms with E-state index in [9.17, 15) is 28.5 Å². The molecule has 0 unspecified atom stereocenters. The molecule has 5 heterocycles. The number of carbonyl (C=O) groups excluding carboxylic acids is 5. The van der Waals surface area contributed by atoms with Gasteiger partial charge in [-0.15, -0.1) is 11.3 Å². The summed E-state index contributed by atoms with van der Waals surface area (Å²) < 4.78 is 58.1. The normalized spacial score (nSPS) is 22.9. The van der Waals surface area contributed by atoms with Gasteiger partial charge >= 0.3 is 13.3 Å². The van der Waals surface area contributed by atoms with E-state index in [1.54, 1.807) is 28.3 Å². The Balaban J connectivity index is 1.03. The maximum absolute atomic E-state index is 16.4. The molecule has 19 heteroatoms. The zero-order valence-corrected chi connectivity index (χ0v) is 38.7. The van der Waals surface area contributed by atoms with Gasteiger partial charge in [0, 0.05) is 66.1 Å². The molecular formula is C43H54F2N5O8PS3. The Bertz CT molecular complexity index is 2160. The van der Waals surface area contributed by atoms with Crippen molar-refractivity contribution in [3.05, 3.63) is 59.0 Å². The van der Waals surface area contributed by atoms with Crippen LogP contribution in [0.4, 0.5) is 8.78 Å². The molecule has 0 spiro atoms. The number of thioether (sulfide) groups is 2. The first-order valence-corrected chi connectivity index (χ1v) is 25.7. The van der Waals surface area contributed by atoms with Crippen LogP contribution in [-0.4, -0.2) is 104 Å². The first-order chi connectivity index (χ1) is 29.5. The van der Waals surface area contributed by atoms with Crippen LogP contribution in [0.25, 0.3) is 10.1 Å². The number of likely N-dealkylation sites (tertiary alicyclic amines) is 1. The molecule has 0 bridgehead atoms. The Morgan fingerprint density at radius 1 is 0.919 bits per heavy atom. The quantitative estimate of drug-likeness (QED) is 0.0965. The molecule has 1 N–H and O–H groups in total. The average Bonchev–Trinajstić information content (AvgIpc) is 3.55. The van der Waals surface area contributed by atoms with E-state index in [2.05, 4.69) is 15.3 Å². The van der Waals surface area contributed by atoms with Crippen molar-refractivity contribution >= 4 is 80.5 Å². The van der Waals surface area contributed by atoms with Gasteiger partial charge in [-0.2, -0.15) is 8.78 Å². The molecule has 7 rings (SSSR count). The van der Waals surface area contributed by atoms with Crippen molar-refractivity contribution < 1.29 is 46.4 Å². The summed E-state index contributed by atoms with van der Waals surface area (Å²) in [5.41, 5.74) is -4.79. The molecule has 0 radical (unpaired) electrons. The van der Waals surface area contributed by atoms with Gasteiger partial charge in [-0.1, -0.05) is 57.3 Å². The van der Waals surface area contributed by atoms with Gasteiger partial charge in [0.05, 0.1) is 24.0 Å².